The number of rotatable bonds is 5. The molecule has 2 aromatic rings. The van der Waals surface area contributed by atoms with Gasteiger partial charge in [0, 0.05) is 17.4 Å². The van der Waals surface area contributed by atoms with Crippen LogP contribution < -0.4 is 19.8 Å². The highest BCUT2D eigenvalue weighted by atomic mass is 16.5. The maximum atomic E-state index is 11.8. The monoisotopic (exact) mass is 442 g/mol. The van der Waals surface area contributed by atoms with Gasteiger partial charge in [-0.15, -0.1) is 0 Å². The Bertz CT molecular complexity index is 1080. The van der Waals surface area contributed by atoms with Crippen LogP contribution in [0.15, 0.2) is 39.6 Å². The van der Waals surface area contributed by atoms with Gasteiger partial charge in [-0.25, -0.2) is 4.79 Å². The van der Waals surface area contributed by atoms with Crippen LogP contribution in [0.25, 0.3) is 11.0 Å². The summed E-state index contributed by atoms with van der Waals surface area (Å²) in [6.45, 7) is 11.5. The Morgan fingerprint density at radius 2 is 1.91 bits per heavy atom. The number of methoxy groups -OCH3 is 2. The molecule has 32 heavy (non-hydrogen) atoms. The normalized spacial score (nSPS) is 29.4. The molecule has 1 aromatic heterocycles. The third kappa shape index (κ3) is 3.49. The number of hydrogen-bond donors (Lipinski definition) is 1. The number of ether oxygens (including phenoxy) is 3. The Morgan fingerprint density at radius 1 is 1.16 bits per heavy atom. The molecule has 6 heteroatoms. The van der Waals surface area contributed by atoms with Crippen LogP contribution >= 0.6 is 0 Å². The molecule has 0 spiro atoms. The zero-order valence-electron chi connectivity index (χ0n) is 19.7. The summed E-state index contributed by atoms with van der Waals surface area (Å²) in [5, 5.41) is 11.4. The number of benzene rings is 1. The first-order valence-corrected chi connectivity index (χ1v) is 11.3. The Labute approximate surface area is 189 Å². The summed E-state index contributed by atoms with van der Waals surface area (Å²) in [7, 11) is 3.10. The number of aliphatic hydroxyl groups excluding tert-OH is 1. The average molecular weight is 443 g/mol. The molecule has 1 N–H and O–H groups in total. The van der Waals surface area contributed by atoms with Crippen molar-refractivity contribution in [3.63, 3.8) is 0 Å². The van der Waals surface area contributed by atoms with Crippen molar-refractivity contribution in [1.82, 2.24) is 0 Å². The molecule has 0 radical (unpaired) electrons. The Balaban J connectivity index is 1.71. The second-order valence-electron chi connectivity index (χ2n) is 10.1. The second kappa shape index (κ2) is 8.14. The van der Waals surface area contributed by atoms with Gasteiger partial charge in [0.05, 0.1) is 26.9 Å². The van der Waals surface area contributed by atoms with Crippen molar-refractivity contribution in [2.24, 2.45) is 22.7 Å². The molecule has 0 bridgehead atoms. The van der Waals surface area contributed by atoms with E-state index in [1.807, 2.05) is 0 Å². The van der Waals surface area contributed by atoms with Gasteiger partial charge in [-0.1, -0.05) is 32.9 Å². The molecule has 4 rings (SSSR count). The van der Waals surface area contributed by atoms with Crippen LogP contribution in [0, 0.1) is 22.7 Å². The van der Waals surface area contributed by atoms with Crippen molar-refractivity contribution in [1.29, 1.82) is 0 Å². The maximum absolute atomic E-state index is 11.8. The molecule has 174 valence electrons. The zero-order chi connectivity index (χ0) is 23.3. The largest absolute Gasteiger partial charge is 0.493 e. The van der Waals surface area contributed by atoms with Crippen LogP contribution in [0.4, 0.5) is 0 Å². The van der Waals surface area contributed by atoms with Crippen LogP contribution in [-0.2, 0) is 0 Å². The van der Waals surface area contributed by atoms with Crippen LogP contribution in [0.2, 0.25) is 0 Å². The van der Waals surface area contributed by atoms with Crippen LogP contribution in [0.3, 0.4) is 0 Å². The van der Waals surface area contributed by atoms with Crippen molar-refractivity contribution in [2.75, 3.05) is 20.8 Å². The van der Waals surface area contributed by atoms with Gasteiger partial charge in [0.15, 0.2) is 11.3 Å². The summed E-state index contributed by atoms with van der Waals surface area (Å²) in [6.07, 6.45) is 3.36. The highest BCUT2D eigenvalue weighted by molar-refractivity contribution is 5.88. The van der Waals surface area contributed by atoms with E-state index in [2.05, 4.69) is 27.4 Å². The fourth-order valence-electron chi connectivity index (χ4n) is 6.25. The molecule has 0 unspecified atom stereocenters. The highest BCUT2D eigenvalue weighted by Gasteiger charge is 2.56. The smallest absolute Gasteiger partial charge is 0.336 e. The summed E-state index contributed by atoms with van der Waals surface area (Å²) in [5.41, 5.74) is 0.881. The summed E-state index contributed by atoms with van der Waals surface area (Å²) in [4.78, 5) is 11.8. The maximum Gasteiger partial charge on any atom is 0.336 e. The van der Waals surface area contributed by atoms with E-state index >= 15 is 0 Å². The summed E-state index contributed by atoms with van der Waals surface area (Å²) < 4.78 is 23.0. The minimum absolute atomic E-state index is 0.0258. The van der Waals surface area contributed by atoms with E-state index < -0.39 is 5.63 Å². The average Bonchev–Trinajstić information content (AvgIpc) is 2.75. The van der Waals surface area contributed by atoms with E-state index in [0.29, 0.717) is 40.7 Å². The predicted molar refractivity (Wildman–Crippen MR) is 124 cm³/mol. The molecule has 2 saturated carbocycles. The molecular formula is C26H34O6. The lowest BCUT2D eigenvalue weighted by atomic mass is 9.47. The number of aliphatic hydroxyl groups is 1. The third-order valence-corrected chi connectivity index (χ3v) is 8.16. The van der Waals surface area contributed by atoms with Gasteiger partial charge < -0.3 is 23.7 Å². The molecule has 0 aliphatic heterocycles. The molecule has 1 aromatic carbocycles. The van der Waals surface area contributed by atoms with Crippen LogP contribution in [0.1, 0.15) is 46.5 Å². The molecule has 0 saturated heterocycles. The molecular weight excluding hydrogens is 408 g/mol. The second-order valence-corrected chi connectivity index (χ2v) is 10.1. The minimum atomic E-state index is -0.453. The van der Waals surface area contributed by atoms with Crippen molar-refractivity contribution in [3.05, 3.63) is 40.8 Å². The first kappa shape index (κ1) is 22.7. The van der Waals surface area contributed by atoms with E-state index in [0.717, 1.165) is 25.7 Å². The van der Waals surface area contributed by atoms with Crippen LogP contribution in [0.5, 0.6) is 17.2 Å². The summed E-state index contributed by atoms with van der Waals surface area (Å²) >= 11 is 0. The number of fused-ring (bicyclic) bond motifs is 2. The van der Waals surface area contributed by atoms with Gasteiger partial charge in [-0.2, -0.15) is 0 Å². The van der Waals surface area contributed by atoms with Crippen LogP contribution in [-0.4, -0.2) is 32.0 Å². The fourth-order valence-corrected chi connectivity index (χ4v) is 6.25. The lowest BCUT2D eigenvalue weighted by Crippen LogP contribution is -2.55. The molecule has 4 atom stereocenters. The van der Waals surface area contributed by atoms with E-state index in [9.17, 15) is 9.90 Å². The Morgan fingerprint density at radius 3 is 2.59 bits per heavy atom. The van der Waals surface area contributed by atoms with Gasteiger partial charge in [-0.05, 0) is 54.6 Å². The zero-order valence-corrected chi connectivity index (χ0v) is 19.7. The highest BCUT2D eigenvalue weighted by Crippen LogP contribution is 2.61. The molecule has 2 fully saturated rings. The van der Waals surface area contributed by atoms with Gasteiger partial charge in [0.1, 0.15) is 0 Å². The lowest BCUT2D eigenvalue weighted by Gasteiger charge is -2.59. The Hall–Kier alpha value is -2.47. The first-order chi connectivity index (χ1) is 15.1. The fraction of sp³-hybridized carbons (Fsp3) is 0.577. The molecule has 2 aliphatic rings. The molecule has 2 aliphatic carbocycles. The summed E-state index contributed by atoms with van der Waals surface area (Å²) in [6, 6.07) is 4.84. The van der Waals surface area contributed by atoms with Gasteiger partial charge in [-0.3, -0.25) is 0 Å². The molecule has 6 nitrogen and oxygen atoms in total. The van der Waals surface area contributed by atoms with Gasteiger partial charge in [0.25, 0.3) is 0 Å². The van der Waals surface area contributed by atoms with E-state index in [-0.39, 0.29) is 22.9 Å². The first-order valence-electron chi connectivity index (χ1n) is 11.3. The standard InChI is InChI=1S/C26H34O6/c1-15-7-9-19-25(2,3)20(27)11-12-26(19,4)17(15)14-31-23-18(29-5)13-16-8-10-21(28)32-22(16)24(23)30-6/h8,10,13,17,19-20,27H,1,7,9,11-12,14H2,2-6H3/t17-,19-,20-,26+/m0/s1. The van der Waals surface area contributed by atoms with Crippen molar-refractivity contribution in [3.8, 4) is 17.2 Å². The van der Waals surface area contributed by atoms with Crippen molar-refractivity contribution >= 4 is 11.0 Å². The van der Waals surface area contributed by atoms with Gasteiger partial charge in [0.2, 0.25) is 11.5 Å². The summed E-state index contributed by atoms with van der Waals surface area (Å²) in [5.74, 6) is 1.79. The third-order valence-electron chi connectivity index (χ3n) is 8.16. The molecule has 1 heterocycles. The van der Waals surface area contributed by atoms with E-state index in [1.54, 1.807) is 19.2 Å². The quantitative estimate of drug-likeness (QED) is 0.521. The van der Waals surface area contributed by atoms with Gasteiger partial charge >= 0.3 is 5.63 Å². The minimum Gasteiger partial charge on any atom is -0.493 e. The van der Waals surface area contributed by atoms with E-state index in [1.165, 1.54) is 18.7 Å². The van der Waals surface area contributed by atoms with Crippen molar-refractivity contribution < 1.29 is 23.7 Å². The predicted octanol–water partition coefficient (Wildman–Crippen LogP) is 4.96. The lowest BCUT2D eigenvalue weighted by molar-refractivity contribution is -0.128. The topological polar surface area (TPSA) is 78.1 Å². The SMILES string of the molecule is C=C1CC[C@H]2C(C)(C)[C@@H](O)CC[C@]2(C)[C@H]1COc1c(OC)cc2ccc(=O)oc2c1OC. The van der Waals surface area contributed by atoms with E-state index in [4.69, 9.17) is 18.6 Å². The Kier molecular flexibility index (Phi) is 5.78. The number of hydrogen-bond acceptors (Lipinski definition) is 6. The molecule has 0 amide bonds. The van der Waals surface area contributed by atoms with Crippen molar-refractivity contribution in [2.45, 2.75) is 52.6 Å².